The molecule has 0 saturated carbocycles. The van der Waals surface area contributed by atoms with Gasteiger partial charge in [0, 0.05) is 5.92 Å². The lowest BCUT2D eigenvalue weighted by atomic mass is 10.1. The number of nitrogens with zero attached hydrogens (tertiary/aromatic N) is 3. The molecule has 4 heteroatoms. The molecule has 0 radical (unpaired) electrons. The lowest BCUT2D eigenvalue weighted by Gasteiger charge is -2.06. The highest BCUT2D eigenvalue weighted by atomic mass is 35.5. The monoisotopic (exact) mass is 251 g/mol. The van der Waals surface area contributed by atoms with Gasteiger partial charge in [-0.05, 0) is 37.0 Å². The number of aromatic nitrogens is 3. The first-order valence-corrected chi connectivity index (χ1v) is 6.50. The lowest BCUT2D eigenvalue weighted by Crippen LogP contribution is -1.99. The zero-order valence-corrected chi connectivity index (χ0v) is 11.5. The van der Waals surface area contributed by atoms with Crippen molar-refractivity contribution < 1.29 is 0 Å². The molecule has 2 heterocycles. The first-order valence-electron chi connectivity index (χ1n) is 6.13. The number of aryl methyl sites for hydroxylation is 1. The molecule has 0 aromatic carbocycles. The van der Waals surface area contributed by atoms with E-state index in [4.69, 9.17) is 11.6 Å². The predicted octanol–water partition coefficient (Wildman–Crippen LogP) is 3.77. The van der Waals surface area contributed by atoms with Crippen LogP contribution in [0.15, 0.2) is 6.07 Å². The van der Waals surface area contributed by atoms with Gasteiger partial charge in [-0.15, -0.1) is 5.10 Å². The van der Waals surface area contributed by atoms with Crippen molar-refractivity contribution in [3.8, 4) is 0 Å². The number of pyridine rings is 1. The second-order valence-corrected chi connectivity index (χ2v) is 4.86. The van der Waals surface area contributed by atoms with E-state index in [2.05, 4.69) is 43.8 Å². The van der Waals surface area contributed by atoms with E-state index in [-0.39, 0.29) is 0 Å². The molecule has 2 aromatic rings. The quantitative estimate of drug-likeness (QED) is 0.778. The number of hydrogen-bond donors (Lipinski definition) is 0. The maximum Gasteiger partial charge on any atom is 0.157 e. The molecule has 0 amide bonds. The minimum atomic E-state index is 0.372. The fourth-order valence-electron chi connectivity index (χ4n) is 1.97. The first-order chi connectivity index (χ1) is 8.08. The van der Waals surface area contributed by atoms with Crippen LogP contribution in [0.1, 0.15) is 50.1 Å². The summed E-state index contributed by atoms with van der Waals surface area (Å²) in [4.78, 5) is 4.55. The van der Waals surface area contributed by atoms with Crippen LogP contribution < -0.4 is 0 Å². The zero-order chi connectivity index (χ0) is 12.6. The molecule has 1 atom stereocenters. The van der Waals surface area contributed by atoms with E-state index in [0.29, 0.717) is 11.1 Å². The van der Waals surface area contributed by atoms with Crippen molar-refractivity contribution in [1.29, 1.82) is 0 Å². The van der Waals surface area contributed by atoms with Crippen LogP contribution >= 0.6 is 11.6 Å². The first kappa shape index (κ1) is 12.4. The molecule has 3 nitrogen and oxygen atoms in total. The molecule has 0 aliphatic carbocycles. The summed E-state index contributed by atoms with van der Waals surface area (Å²) < 4.78 is 1.76. The molecule has 1 unspecified atom stereocenters. The normalized spacial score (nSPS) is 13.2. The van der Waals surface area contributed by atoms with Gasteiger partial charge in [-0.1, -0.05) is 32.4 Å². The van der Waals surface area contributed by atoms with Crippen LogP contribution in [0.4, 0.5) is 0 Å². The Bertz CT molecular complexity index is 545. The molecule has 2 aromatic heterocycles. The molecule has 0 saturated heterocycles. The van der Waals surface area contributed by atoms with Crippen LogP contribution in [0.2, 0.25) is 5.15 Å². The van der Waals surface area contributed by atoms with E-state index in [1.807, 2.05) is 0 Å². The molecule has 0 bridgehead atoms. The summed E-state index contributed by atoms with van der Waals surface area (Å²) in [5, 5.41) is 5.21. The zero-order valence-electron chi connectivity index (χ0n) is 10.8. The van der Waals surface area contributed by atoms with Crippen molar-refractivity contribution in [2.75, 3.05) is 0 Å². The van der Waals surface area contributed by atoms with Gasteiger partial charge < -0.3 is 0 Å². The number of fused-ring (bicyclic) bond motifs is 1. The number of rotatable bonds is 3. The molecule has 0 N–H and O–H groups in total. The Morgan fingerprint density at radius 3 is 2.71 bits per heavy atom. The smallest absolute Gasteiger partial charge is 0.157 e. The SMILES string of the molecule is CCc1c(C)cc2nc(C(C)CC)nn2c1Cl. The Balaban J connectivity index is 2.65. The van der Waals surface area contributed by atoms with Gasteiger partial charge in [0.25, 0.3) is 0 Å². The van der Waals surface area contributed by atoms with Crippen molar-refractivity contribution in [2.24, 2.45) is 0 Å². The Kier molecular flexibility index (Phi) is 3.38. The molecule has 2 rings (SSSR count). The maximum atomic E-state index is 6.37. The van der Waals surface area contributed by atoms with Gasteiger partial charge in [0.2, 0.25) is 0 Å². The second-order valence-electron chi connectivity index (χ2n) is 4.50. The molecule has 0 fully saturated rings. The van der Waals surface area contributed by atoms with Crippen molar-refractivity contribution in [3.63, 3.8) is 0 Å². The second kappa shape index (κ2) is 4.65. The summed E-state index contributed by atoms with van der Waals surface area (Å²) in [6.07, 6.45) is 1.95. The van der Waals surface area contributed by atoms with Crippen LogP contribution in [0, 0.1) is 6.92 Å². The summed E-state index contributed by atoms with van der Waals surface area (Å²) in [7, 11) is 0. The van der Waals surface area contributed by atoms with Crippen LogP contribution in [0.3, 0.4) is 0 Å². The molecule has 17 heavy (non-hydrogen) atoms. The molecule has 0 aliphatic heterocycles. The topological polar surface area (TPSA) is 30.2 Å². The third kappa shape index (κ3) is 2.04. The average molecular weight is 252 g/mol. The Morgan fingerprint density at radius 1 is 1.41 bits per heavy atom. The fraction of sp³-hybridized carbons (Fsp3) is 0.538. The maximum absolute atomic E-state index is 6.37. The van der Waals surface area contributed by atoms with E-state index in [1.54, 1.807) is 4.52 Å². The lowest BCUT2D eigenvalue weighted by molar-refractivity contribution is 0.676. The van der Waals surface area contributed by atoms with E-state index in [9.17, 15) is 0 Å². The average Bonchev–Trinajstić information content (AvgIpc) is 2.72. The van der Waals surface area contributed by atoms with Crippen molar-refractivity contribution in [2.45, 2.75) is 46.5 Å². The summed E-state index contributed by atoms with van der Waals surface area (Å²) in [5.74, 6) is 1.25. The highest BCUT2D eigenvalue weighted by Gasteiger charge is 2.14. The molecule has 0 aliphatic rings. The highest BCUT2D eigenvalue weighted by Crippen LogP contribution is 2.24. The van der Waals surface area contributed by atoms with Gasteiger partial charge in [-0.25, -0.2) is 9.50 Å². The Morgan fingerprint density at radius 2 is 2.12 bits per heavy atom. The summed E-state index contributed by atoms with van der Waals surface area (Å²) in [6.45, 7) is 8.45. The predicted molar refractivity (Wildman–Crippen MR) is 70.8 cm³/mol. The minimum Gasteiger partial charge on any atom is -0.212 e. The highest BCUT2D eigenvalue weighted by molar-refractivity contribution is 6.30. The van der Waals surface area contributed by atoms with Crippen molar-refractivity contribution >= 4 is 17.2 Å². The Labute approximate surface area is 107 Å². The van der Waals surface area contributed by atoms with Crippen LogP contribution in [-0.4, -0.2) is 14.6 Å². The van der Waals surface area contributed by atoms with Gasteiger partial charge in [0.05, 0.1) is 0 Å². The fourth-order valence-corrected chi connectivity index (χ4v) is 2.37. The third-order valence-corrected chi connectivity index (χ3v) is 3.70. The number of hydrogen-bond acceptors (Lipinski definition) is 2. The van der Waals surface area contributed by atoms with E-state index >= 15 is 0 Å². The van der Waals surface area contributed by atoms with Gasteiger partial charge >= 0.3 is 0 Å². The molecule has 0 spiro atoms. The molecule has 92 valence electrons. The largest absolute Gasteiger partial charge is 0.212 e. The van der Waals surface area contributed by atoms with E-state index in [1.165, 1.54) is 5.56 Å². The number of halogens is 1. The minimum absolute atomic E-state index is 0.372. The standard InChI is InChI=1S/C13H18ClN3/c1-5-8(3)13-15-11-7-9(4)10(6-2)12(14)17(11)16-13/h7-8H,5-6H2,1-4H3. The summed E-state index contributed by atoms with van der Waals surface area (Å²) in [6, 6.07) is 2.06. The van der Waals surface area contributed by atoms with Gasteiger partial charge in [-0.2, -0.15) is 0 Å². The summed E-state index contributed by atoms with van der Waals surface area (Å²) >= 11 is 6.37. The van der Waals surface area contributed by atoms with Crippen molar-refractivity contribution in [3.05, 3.63) is 28.2 Å². The van der Waals surface area contributed by atoms with Crippen LogP contribution in [-0.2, 0) is 6.42 Å². The molecular weight excluding hydrogens is 234 g/mol. The summed E-state index contributed by atoms with van der Waals surface area (Å²) in [5.41, 5.74) is 3.19. The van der Waals surface area contributed by atoms with Gasteiger partial charge in [0.15, 0.2) is 11.5 Å². The van der Waals surface area contributed by atoms with Crippen molar-refractivity contribution in [1.82, 2.24) is 14.6 Å². The van der Waals surface area contributed by atoms with E-state index in [0.717, 1.165) is 29.9 Å². The Hall–Kier alpha value is -1.09. The molecular formula is C13H18ClN3. The van der Waals surface area contributed by atoms with Gasteiger partial charge in [-0.3, -0.25) is 0 Å². The van der Waals surface area contributed by atoms with Crippen LogP contribution in [0.5, 0.6) is 0 Å². The van der Waals surface area contributed by atoms with Gasteiger partial charge in [0.1, 0.15) is 5.15 Å². The van der Waals surface area contributed by atoms with E-state index < -0.39 is 0 Å². The third-order valence-electron chi connectivity index (χ3n) is 3.31. The van der Waals surface area contributed by atoms with Crippen LogP contribution in [0.25, 0.3) is 5.65 Å².